The zero-order valence-electron chi connectivity index (χ0n) is 15.8. The van der Waals surface area contributed by atoms with Gasteiger partial charge in [0.1, 0.15) is 5.15 Å². The van der Waals surface area contributed by atoms with E-state index >= 15 is 0 Å². The number of ether oxygens (including phenoxy) is 1. The number of rotatable bonds is 6. The number of halogens is 2. The molecule has 1 N–H and O–H groups in total. The summed E-state index contributed by atoms with van der Waals surface area (Å²) in [5.41, 5.74) is 0.331. The maximum Gasteiger partial charge on any atom is 0.340 e. The third kappa shape index (κ3) is 5.48. The maximum atomic E-state index is 12.8. The fourth-order valence-corrected chi connectivity index (χ4v) is 4.77. The summed E-state index contributed by atoms with van der Waals surface area (Å²) < 4.78 is 31.9. The number of benzene rings is 1. The van der Waals surface area contributed by atoms with Gasteiger partial charge in [-0.1, -0.05) is 35.7 Å². The zero-order chi connectivity index (χ0) is 21.7. The lowest BCUT2D eigenvalue weighted by molar-refractivity contribution is -0.119. The van der Waals surface area contributed by atoms with Gasteiger partial charge < -0.3 is 10.1 Å². The molecular formula is C19H19Cl2N3O5S. The maximum absolute atomic E-state index is 12.8. The van der Waals surface area contributed by atoms with Crippen molar-refractivity contribution >= 4 is 50.8 Å². The molecule has 0 spiro atoms. The molecule has 0 aliphatic carbocycles. The van der Waals surface area contributed by atoms with Gasteiger partial charge in [0.15, 0.2) is 6.61 Å². The molecule has 30 heavy (non-hydrogen) atoms. The number of nitrogens with zero attached hydrogens (tertiary/aromatic N) is 2. The van der Waals surface area contributed by atoms with Crippen molar-refractivity contribution in [1.82, 2.24) is 9.29 Å². The number of hydrogen-bond acceptors (Lipinski definition) is 6. The van der Waals surface area contributed by atoms with Crippen LogP contribution in [0.5, 0.6) is 0 Å². The topological polar surface area (TPSA) is 106 Å². The number of carbonyl (C=O) groups excluding carboxylic acids is 2. The summed E-state index contributed by atoms with van der Waals surface area (Å²) in [5.74, 6) is -1.42. The van der Waals surface area contributed by atoms with Gasteiger partial charge in [-0.05, 0) is 37.1 Å². The summed E-state index contributed by atoms with van der Waals surface area (Å²) in [4.78, 5) is 28.0. The Kier molecular flexibility index (Phi) is 7.30. The minimum atomic E-state index is -3.62. The number of anilines is 1. The van der Waals surface area contributed by atoms with Crippen LogP contribution in [-0.2, 0) is 19.6 Å². The number of nitrogens with one attached hydrogen (secondary N) is 1. The highest BCUT2D eigenvalue weighted by Crippen LogP contribution is 2.23. The lowest BCUT2D eigenvalue weighted by Gasteiger charge is -2.26. The van der Waals surface area contributed by atoms with Crippen molar-refractivity contribution in [2.45, 2.75) is 24.2 Å². The van der Waals surface area contributed by atoms with Crippen molar-refractivity contribution in [1.29, 1.82) is 0 Å². The van der Waals surface area contributed by atoms with E-state index in [4.69, 9.17) is 27.9 Å². The zero-order valence-corrected chi connectivity index (χ0v) is 18.1. The molecule has 11 heteroatoms. The van der Waals surface area contributed by atoms with Crippen molar-refractivity contribution < 1.29 is 22.7 Å². The molecule has 1 aliphatic heterocycles. The van der Waals surface area contributed by atoms with Crippen LogP contribution in [0.25, 0.3) is 0 Å². The highest BCUT2D eigenvalue weighted by molar-refractivity contribution is 7.89. The molecule has 0 saturated carbocycles. The van der Waals surface area contributed by atoms with Gasteiger partial charge in [0.05, 0.1) is 15.5 Å². The van der Waals surface area contributed by atoms with Gasteiger partial charge in [0.2, 0.25) is 10.0 Å². The Hall–Kier alpha value is -2.20. The van der Waals surface area contributed by atoms with Crippen molar-refractivity contribution in [3.8, 4) is 0 Å². The van der Waals surface area contributed by atoms with Gasteiger partial charge in [-0.3, -0.25) is 4.79 Å². The summed E-state index contributed by atoms with van der Waals surface area (Å²) in [7, 11) is -3.62. The van der Waals surface area contributed by atoms with Crippen LogP contribution in [0.4, 0.5) is 5.69 Å². The first-order valence-corrected chi connectivity index (χ1v) is 11.4. The Balaban J connectivity index is 1.61. The van der Waals surface area contributed by atoms with Crippen molar-refractivity contribution in [3.05, 3.63) is 52.3 Å². The number of piperidine rings is 1. The van der Waals surface area contributed by atoms with E-state index in [1.807, 2.05) is 0 Å². The number of carbonyl (C=O) groups is 2. The molecule has 0 atom stereocenters. The first kappa shape index (κ1) is 22.5. The largest absolute Gasteiger partial charge is 0.452 e. The number of sulfonamides is 1. The fourth-order valence-electron chi connectivity index (χ4n) is 2.93. The van der Waals surface area contributed by atoms with E-state index in [1.54, 1.807) is 12.1 Å². The van der Waals surface area contributed by atoms with Crippen LogP contribution >= 0.6 is 23.2 Å². The average molecular weight is 472 g/mol. The normalized spacial score (nSPS) is 14.9. The molecule has 8 nitrogen and oxygen atoms in total. The number of aromatic nitrogens is 1. The predicted octanol–water partition coefficient (Wildman–Crippen LogP) is 3.36. The SMILES string of the molecule is O=C(COC(=O)c1cnc(Cl)c(Cl)c1)Nc1cccc(S(=O)(=O)N2CCCCC2)c1. The summed E-state index contributed by atoms with van der Waals surface area (Å²) in [6.45, 7) is 0.402. The lowest BCUT2D eigenvalue weighted by atomic mass is 10.2. The molecule has 1 aromatic carbocycles. The third-order valence-electron chi connectivity index (χ3n) is 4.44. The minimum Gasteiger partial charge on any atom is -0.452 e. The Labute approximate surface area is 184 Å². The van der Waals surface area contributed by atoms with Crippen molar-refractivity contribution in [2.24, 2.45) is 0 Å². The molecule has 1 amide bonds. The molecule has 1 fully saturated rings. The molecule has 0 unspecified atom stereocenters. The Morgan fingerprint density at radius 1 is 1.13 bits per heavy atom. The summed E-state index contributed by atoms with van der Waals surface area (Å²) in [5, 5.41) is 2.65. The van der Waals surface area contributed by atoms with E-state index in [0.29, 0.717) is 13.1 Å². The molecule has 2 aromatic rings. The lowest BCUT2D eigenvalue weighted by Crippen LogP contribution is -2.35. The second kappa shape index (κ2) is 9.74. The fraction of sp³-hybridized carbons (Fsp3) is 0.316. The standard InChI is InChI=1S/C19H19Cl2N3O5S/c20-16-9-13(11-22-18(16)21)19(26)29-12-17(25)23-14-5-4-6-15(10-14)30(27,28)24-7-2-1-3-8-24/h4-6,9-11H,1-3,7-8,12H2,(H,23,25). The minimum absolute atomic E-state index is 0.0466. The second-order valence-corrected chi connectivity index (χ2v) is 9.32. The highest BCUT2D eigenvalue weighted by atomic mass is 35.5. The molecule has 1 aliphatic rings. The van der Waals surface area contributed by atoms with Crippen LogP contribution in [0, 0.1) is 0 Å². The van der Waals surface area contributed by atoms with Crippen molar-refractivity contribution in [3.63, 3.8) is 0 Å². The number of esters is 1. The van der Waals surface area contributed by atoms with Crippen LogP contribution in [0.15, 0.2) is 41.4 Å². The molecule has 1 saturated heterocycles. The number of pyridine rings is 1. The van der Waals surface area contributed by atoms with Gasteiger partial charge in [-0.25, -0.2) is 18.2 Å². The monoisotopic (exact) mass is 471 g/mol. The number of hydrogen-bond donors (Lipinski definition) is 1. The predicted molar refractivity (Wildman–Crippen MR) is 112 cm³/mol. The van der Waals surface area contributed by atoms with Gasteiger partial charge in [0, 0.05) is 25.0 Å². The first-order valence-electron chi connectivity index (χ1n) is 9.15. The van der Waals surface area contributed by atoms with Crippen LogP contribution in [-0.4, -0.2) is 49.3 Å². The molecule has 2 heterocycles. The summed E-state index contributed by atoms with van der Waals surface area (Å²) in [6.07, 6.45) is 3.85. The highest BCUT2D eigenvalue weighted by Gasteiger charge is 2.26. The molecule has 3 rings (SSSR count). The van der Waals surface area contributed by atoms with E-state index in [2.05, 4.69) is 10.3 Å². The summed E-state index contributed by atoms with van der Waals surface area (Å²) in [6, 6.07) is 7.24. The van der Waals surface area contributed by atoms with Crippen molar-refractivity contribution in [2.75, 3.05) is 25.0 Å². The van der Waals surface area contributed by atoms with Gasteiger partial charge in [-0.15, -0.1) is 0 Å². The molecule has 160 valence electrons. The first-order chi connectivity index (χ1) is 14.3. The quantitative estimate of drug-likeness (QED) is 0.511. The van der Waals surface area contributed by atoms with Gasteiger partial charge >= 0.3 is 5.97 Å². The van der Waals surface area contributed by atoms with E-state index in [0.717, 1.165) is 19.3 Å². The molecule has 1 aromatic heterocycles. The van der Waals surface area contributed by atoms with Gasteiger partial charge in [-0.2, -0.15) is 4.31 Å². The molecule has 0 radical (unpaired) electrons. The third-order valence-corrected chi connectivity index (χ3v) is 7.02. The van der Waals surface area contributed by atoms with Gasteiger partial charge in [0.25, 0.3) is 5.91 Å². The molecule has 0 bridgehead atoms. The molecular weight excluding hydrogens is 453 g/mol. The van der Waals surface area contributed by atoms with Crippen LogP contribution in [0.2, 0.25) is 10.2 Å². The van der Waals surface area contributed by atoms with E-state index in [-0.39, 0.29) is 26.3 Å². The number of amides is 1. The van der Waals surface area contributed by atoms with E-state index < -0.39 is 28.5 Å². The van der Waals surface area contributed by atoms with E-state index in [1.165, 1.54) is 28.7 Å². The average Bonchev–Trinajstić information content (AvgIpc) is 2.75. The van der Waals surface area contributed by atoms with Crippen LogP contribution < -0.4 is 5.32 Å². The van der Waals surface area contributed by atoms with Crippen LogP contribution in [0.1, 0.15) is 29.6 Å². The smallest absolute Gasteiger partial charge is 0.340 e. The Morgan fingerprint density at radius 3 is 2.57 bits per heavy atom. The van der Waals surface area contributed by atoms with E-state index in [9.17, 15) is 18.0 Å². The summed E-state index contributed by atoms with van der Waals surface area (Å²) >= 11 is 11.5. The second-order valence-electron chi connectivity index (χ2n) is 6.61. The van der Waals surface area contributed by atoms with Crippen LogP contribution in [0.3, 0.4) is 0 Å². The Bertz CT molecular complexity index is 1060. The Morgan fingerprint density at radius 2 is 1.87 bits per heavy atom.